The molecule has 1 aromatic carbocycles. The molecule has 0 heterocycles. The van der Waals surface area contributed by atoms with Crippen LogP contribution in [-0.4, -0.2) is 21.8 Å². The van der Waals surface area contributed by atoms with Crippen LogP contribution in [0, 0.1) is 27.9 Å². The molecule has 0 aromatic heterocycles. The van der Waals surface area contributed by atoms with Gasteiger partial charge in [0.25, 0.3) is 5.69 Å². The molecule has 4 aliphatic carbocycles. The summed E-state index contributed by atoms with van der Waals surface area (Å²) >= 11 is 11.2. The van der Waals surface area contributed by atoms with Crippen LogP contribution in [0.2, 0.25) is 5.02 Å². The van der Waals surface area contributed by atoms with E-state index in [2.05, 4.69) is 15.8 Å². The molecular formula is C18H21ClN4O2S. The first-order valence-corrected chi connectivity index (χ1v) is 9.76. The molecule has 6 nitrogen and oxygen atoms in total. The highest BCUT2D eigenvalue weighted by atomic mass is 35.5. The minimum atomic E-state index is -0.508. The van der Waals surface area contributed by atoms with E-state index in [-0.39, 0.29) is 16.2 Å². The highest BCUT2D eigenvalue weighted by Crippen LogP contribution is 2.55. The number of hydrazone groups is 1. The van der Waals surface area contributed by atoms with Crippen molar-refractivity contribution in [2.45, 2.75) is 44.1 Å². The summed E-state index contributed by atoms with van der Waals surface area (Å²) in [4.78, 5) is 10.4. The smallest absolute Gasteiger partial charge is 0.288 e. The molecule has 0 unspecified atom stereocenters. The second-order valence-electron chi connectivity index (χ2n) is 7.99. The number of nitrogens with one attached hydrogen (secondary N) is 2. The molecule has 0 amide bonds. The van der Waals surface area contributed by atoms with Gasteiger partial charge in [0.1, 0.15) is 5.02 Å². The summed E-state index contributed by atoms with van der Waals surface area (Å²) in [7, 11) is 0. The molecule has 0 aliphatic heterocycles. The Kier molecular flexibility index (Phi) is 4.61. The van der Waals surface area contributed by atoms with Crippen molar-refractivity contribution in [3.63, 3.8) is 0 Å². The number of halogens is 1. The third-order valence-electron chi connectivity index (χ3n) is 5.96. The summed E-state index contributed by atoms with van der Waals surface area (Å²) in [5, 5.41) is 19.2. The molecule has 0 atom stereocenters. The molecule has 4 saturated carbocycles. The molecule has 4 fully saturated rings. The summed E-state index contributed by atoms with van der Waals surface area (Å²) in [6.07, 6.45) is 9.27. The van der Waals surface area contributed by atoms with Gasteiger partial charge in [0, 0.05) is 17.2 Å². The summed E-state index contributed by atoms with van der Waals surface area (Å²) < 4.78 is 0. The maximum atomic E-state index is 10.9. The molecular weight excluding hydrogens is 372 g/mol. The molecule has 26 heavy (non-hydrogen) atoms. The van der Waals surface area contributed by atoms with Crippen LogP contribution in [0.1, 0.15) is 44.1 Å². The van der Waals surface area contributed by atoms with Crippen molar-refractivity contribution in [1.82, 2.24) is 10.7 Å². The van der Waals surface area contributed by atoms with E-state index in [1.54, 1.807) is 6.07 Å². The summed E-state index contributed by atoms with van der Waals surface area (Å²) in [5.74, 6) is 2.53. The fourth-order valence-corrected chi connectivity index (χ4v) is 5.90. The first-order chi connectivity index (χ1) is 12.4. The molecule has 0 spiro atoms. The Labute approximate surface area is 162 Å². The van der Waals surface area contributed by atoms with E-state index in [0.717, 1.165) is 17.8 Å². The van der Waals surface area contributed by atoms with Gasteiger partial charge in [-0.2, -0.15) is 5.10 Å². The normalized spacial score (nSPS) is 32.0. The van der Waals surface area contributed by atoms with E-state index in [4.69, 9.17) is 23.8 Å². The fourth-order valence-electron chi connectivity index (χ4n) is 5.45. The van der Waals surface area contributed by atoms with Crippen molar-refractivity contribution < 1.29 is 4.92 Å². The van der Waals surface area contributed by atoms with Crippen LogP contribution in [-0.2, 0) is 0 Å². The lowest BCUT2D eigenvalue weighted by Gasteiger charge is -2.57. The van der Waals surface area contributed by atoms with Gasteiger partial charge in [-0.15, -0.1) is 0 Å². The van der Waals surface area contributed by atoms with Gasteiger partial charge < -0.3 is 5.32 Å². The molecule has 4 bridgehead atoms. The lowest BCUT2D eigenvalue weighted by atomic mass is 9.53. The first-order valence-electron chi connectivity index (χ1n) is 8.98. The van der Waals surface area contributed by atoms with Crippen LogP contribution in [0.4, 0.5) is 5.69 Å². The number of hydrogen-bond acceptors (Lipinski definition) is 4. The molecule has 8 heteroatoms. The van der Waals surface area contributed by atoms with E-state index in [1.807, 2.05) is 0 Å². The Hall–Kier alpha value is -1.73. The highest BCUT2D eigenvalue weighted by molar-refractivity contribution is 7.80. The second kappa shape index (κ2) is 6.78. The number of nitro benzene ring substituents is 1. The standard InChI is InChI=1S/C18H21ClN4O2S/c19-15-2-1-11(6-16(15)23(24)25)10-20-22-17(26)21-18-7-12-3-13(8-18)5-14(4-12)9-18/h1-2,6,10,12-14H,3-5,7-9H2,(H2,21,22,26). The quantitative estimate of drug-likeness (QED) is 0.350. The van der Waals surface area contributed by atoms with Gasteiger partial charge in [0.15, 0.2) is 5.11 Å². The first kappa shape index (κ1) is 17.7. The van der Waals surface area contributed by atoms with Crippen LogP contribution in [0.15, 0.2) is 23.3 Å². The monoisotopic (exact) mass is 392 g/mol. The van der Waals surface area contributed by atoms with Crippen molar-refractivity contribution in [1.29, 1.82) is 0 Å². The zero-order chi connectivity index (χ0) is 18.3. The Morgan fingerprint density at radius 1 is 1.27 bits per heavy atom. The van der Waals surface area contributed by atoms with Crippen LogP contribution in [0.5, 0.6) is 0 Å². The predicted molar refractivity (Wildman–Crippen MR) is 105 cm³/mol. The molecule has 138 valence electrons. The van der Waals surface area contributed by atoms with E-state index >= 15 is 0 Å². The van der Waals surface area contributed by atoms with Crippen molar-refractivity contribution in [2.24, 2.45) is 22.9 Å². The predicted octanol–water partition coefficient (Wildman–Crippen LogP) is 4.02. The lowest BCUT2D eigenvalue weighted by molar-refractivity contribution is -0.384. The third-order valence-corrected chi connectivity index (χ3v) is 6.48. The van der Waals surface area contributed by atoms with Crippen LogP contribution >= 0.6 is 23.8 Å². The topological polar surface area (TPSA) is 79.6 Å². The van der Waals surface area contributed by atoms with Gasteiger partial charge in [-0.05, 0) is 74.6 Å². The molecule has 4 aliphatic rings. The van der Waals surface area contributed by atoms with Crippen molar-refractivity contribution in [3.8, 4) is 0 Å². The van der Waals surface area contributed by atoms with Gasteiger partial charge in [-0.1, -0.05) is 17.7 Å². The number of nitrogens with zero attached hydrogens (tertiary/aromatic N) is 2. The van der Waals surface area contributed by atoms with Crippen LogP contribution < -0.4 is 10.7 Å². The Bertz CT molecular complexity index is 747. The van der Waals surface area contributed by atoms with Crippen molar-refractivity contribution in [3.05, 3.63) is 38.9 Å². The van der Waals surface area contributed by atoms with Gasteiger partial charge >= 0.3 is 0 Å². The maximum Gasteiger partial charge on any atom is 0.288 e. The highest BCUT2D eigenvalue weighted by Gasteiger charge is 2.51. The Balaban J connectivity index is 1.36. The van der Waals surface area contributed by atoms with Crippen LogP contribution in [0.3, 0.4) is 0 Å². The number of thiocarbonyl (C=S) groups is 1. The van der Waals surface area contributed by atoms with E-state index < -0.39 is 4.92 Å². The van der Waals surface area contributed by atoms with Gasteiger partial charge in [0.2, 0.25) is 0 Å². The molecule has 2 N–H and O–H groups in total. The average Bonchev–Trinajstić information content (AvgIpc) is 2.54. The molecule has 0 saturated heterocycles. The van der Waals surface area contributed by atoms with Crippen LogP contribution in [0.25, 0.3) is 0 Å². The summed E-state index contributed by atoms with van der Waals surface area (Å²) in [6.45, 7) is 0. The number of benzene rings is 1. The van der Waals surface area contributed by atoms with Crippen molar-refractivity contribution in [2.75, 3.05) is 0 Å². The summed E-state index contributed by atoms with van der Waals surface area (Å²) in [6, 6.07) is 4.56. The van der Waals surface area contributed by atoms with Gasteiger partial charge in [-0.3, -0.25) is 15.5 Å². The zero-order valence-electron chi connectivity index (χ0n) is 14.3. The van der Waals surface area contributed by atoms with Crippen molar-refractivity contribution >= 4 is 40.8 Å². The van der Waals surface area contributed by atoms with Gasteiger partial charge in [0.05, 0.1) is 11.1 Å². The number of rotatable bonds is 4. The zero-order valence-corrected chi connectivity index (χ0v) is 15.9. The third kappa shape index (κ3) is 3.55. The summed E-state index contributed by atoms with van der Waals surface area (Å²) in [5.41, 5.74) is 3.44. The Morgan fingerprint density at radius 3 is 2.46 bits per heavy atom. The molecule has 5 rings (SSSR count). The minimum absolute atomic E-state index is 0.110. The van der Waals surface area contributed by atoms with Gasteiger partial charge in [-0.25, -0.2) is 0 Å². The largest absolute Gasteiger partial charge is 0.356 e. The molecule has 1 aromatic rings. The SMILES string of the molecule is O=[N+]([O-])c1cc(C=NNC(=S)NC23CC4CC(CC(C4)C2)C3)ccc1Cl. The minimum Gasteiger partial charge on any atom is -0.356 e. The van der Waals surface area contributed by atoms with E-state index in [1.165, 1.54) is 56.9 Å². The second-order valence-corrected chi connectivity index (χ2v) is 8.81. The molecule has 0 radical (unpaired) electrons. The maximum absolute atomic E-state index is 10.9. The number of hydrogen-bond donors (Lipinski definition) is 2. The van der Waals surface area contributed by atoms with E-state index in [0.29, 0.717) is 10.7 Å². The average molecular weight is 393 g/mol. The number of nitro groups is 1. The van der Waals surface area contributed by atoms with E-state index in [9.17, 15) is 10.1 Å². The lowest BCUT2D eigenvalue weighted by Crippen LogP contribution is -2.61. The fraction of sp³-hybridized carbons (Fsp3) is 0.556. The Morgan fingerprint density at radius 2 is 1.88 bits per heavy atom.